The number of benzene rings is 1. The van der Waals surface area contributed by atoms with E-state index in [4.69, 9.17) is 21.3 Å². The number of esters is 1. The number of amidine groups is 1. The lowest BCUT2D eigenvalue weighted by atomic mass is 9.95. The summed E-state index contributed by atoms with van der Waals surface area (Å²) in [5.74, 6) is -0.571. The lowest BCUT2D eigenvalue weighted by Gasteiger charge is -2.32. The minimum atomic E-state index is -0.817. The first-order valence-electron chi connectivity index (χ1n) is 10.5. The minimum Gasteiger partial charge on any atom is -0.466 e. The van der Waals surface area contributed by atoms with Crippen LogP contribution in [0.4, 0.5) is 4.39 Å². The Kier molecular flexibility index (Phi) is 6.07. The number of hydrogen-bond acceptors (Lipinski definition) is 8. The van der Waals surface area contributed by atoms with Gasteiger partial charge in [-0.3, -0.25) is 19.8 Å². The number of thiazole rings is 1. The van der Waals surface area contributed by atoms with Gasteiger partial charge in [0.1, 0.15) is 11.9 Å². The monoisotopic (exact) mass is 502 g/mol. The fourth-order valence-corrected chi connectivity index (χ4v) is 5.08. The lowest BCUT2D eigenvalue weighted by Crippen LogP contribution is -2.41. The molecule has 0 fully saturated rings. The zero-order valence-electron chi connectivity index (χ0n) is 18.0. The van der Waals surface area contributed by atoms with Crippen molar-refractivity contribution in [1.29, 1.82) is 0 Å². The summed E-state index contributed by atoms with van der Waals surface area (Å²) < 4.78 is 18.9. The van der Waals surface area contributed by atoms with Gasteiger partial charge in [-0.2, -0.15) is 0 Å². The molecule has 0 aliphatic carbocycles. The third-order valence-electron chi connectivity index (χ3n) is 5.83. The maximum Gasteiger partial charge on any atom is 0.338 e. The van der Waals surface area contributed by atoms with Crippen LogP contribution in [-0.4, -0.2) is 52.1 Å². The summed E-state index contributed by atoms with van der Waals surface area (Å²) in [6, 6.07) is 3.18. The molecule has 0 bridgehead atoms. The van der Waals surface area contributed by atoms with Gasteiger partial charge in [-0.1, -0.05) is 17.7 Å². The van der Waals surface area contributed by atoms with Crippen molar-refractivity contribution in [2.24, 2.45) is 4.99 Å². The molecule has 1 atom stereocenters. The van der Waals surface area contributed by atoms with Crippen molar-refractivity contribution in [1.82, 2.24) is 25.4 Å². The second-order valence-electron chi connectivity index (χ2n) is 7.89. The Bertz CT molecular complexity index is 1360. The number of fused-ring (bicyclic) bond motifs is 1. The molecule has 2 aliphatic rings. The van der Waals surface area contributed by atoms with Gasteiger partial charge in [-0.15, -0.1) is 11.3 Å². The first-order valence-corrected chi connectivity index (χ1v) is 11.7. The van der Waals surface area contributed by atoms with E-state index in [-0.39, 0.29) is 16.2 Å². The molecule has 0 spiro atoms. The van der Waals surface area contributed by atoms with Crippen LogP contribution in [0.25, 0.3) is 0 Å². The predicted molar refractivity (Wildman–Crippen MR) is 125 cm³/mol. The first-order chi connectivity index (χ1) is 16.4. The Labute approximate surface area is 202 Å². The molecule has 2 aromatic heterocycles. The van der Waals surface area contributed by atoms with Gasteiger partial charge in [0.25, 0.3) is 5.56 Å². The lowest BCUT2D eigenvalue weighted by molar-refractivity contribution is -0.136. The second kappa shape index (κ2) is 9.16. The SMILES string of the molecule is COC(=O)C1=C(CN2CCc3c([nH][nH]c3=O)C2)NC(c2nccs2)=N[C@H]1c1ccc(F)cc1Cl. The van der Waals surface area contributed by atoms with Crippen LogP contribution in [0.5, 0.6) is 0 Å². The largest absolute Gasteiger partial charge is 0.466 e. The summed E-state index contributed by atoms with van der Waals surface area (Å²) in [4.78, 5) is 36.1. The number of halogens is 2. The van der Waals surface area contributed by atoms with Crippen LogP contribution in [0.2, 0.25) is 5.02 Å². The van der Waals surface area contributed by atoms with E-state index in [9.17, 15) is 14.0 Å². The van der Waals surface area contributed by atoms with Gasteiger partial charge in [0, 0.05) is 53.1 Å². The first kappa shape index (κ1) is 22.5. The fraction of sp³-hybridized carbons (Fsp3) is 0.273. The number of nitrogens with one attached hydrogen (secondary N) is 3. The summed E-state index contributed by atoms with van der Waals surface area (Å²) in [6.45, 7) is 1.48. The summed E-state index contributed by atoms with van der Waals surface area (Å²) in [6.07, 6.45) is 2.24. The van der Waals surface area contributed by atoms with E-state index in [2.05, 4.69) is 25.4 Å². The van der Waals surface area contributed by atoms with E-state index in [0.29, 0.717) is 48.2 Å². The maximum absolute atomic E-state index is 13.8. The standard InChI is InChI=1S/C22H20ClFN6O3S/c1-33-22(32)17-16(10-30-6-4-13-15(9-30)28-29-20(13)31)26-19(21-25-5-7-34-21)27-18(17)12-3-2-11(24)8-14(12)23/h2-3,5,7-8,18H,4,6,9-10H2,1H3,(H,26,27)(H2,28,29,31)/t18-/m0/s1. The van der Waals surface area contributed by atoms with Crippen molar-refractivity contribution >= 4 is 34.7 Å². The number of aliphatic imine (C=N–C) groups is 1. The highest BCUT2D eigenvalue weighted by molar-refractivity contribution is 7.11. The van der Waals surface area contributed by atoms with E-state index < -0.39 is 17.8 Å². The molecule has 3 N–H and O–H groups in total. The van der Waals surface area contributed by atoms with Gasteiger partial charge in [0.05, 0.1) is 18.4 Å². The highest BCUT2D eigenvalue weighted by atomic mass is 35.5. The molecular weight excluding hydrogens is 483 g/mol. The molecule has 176 valence electrons. The van der Waals surface area contributed by atoms with Crippen LogP contribution >= 0.6 is 22.9 Å². The second-order valence-corrected chi connectivity index (χ2v) is 9.19. The van der Waals surface area contributed by atoms with Gasteiger partial charge >= 0.3 is 5.97 Å². The van der Waals surface area contributed by atoms with Crippen LogP contribution < -0.4 is 10.9 Å². The molecule has 1 aromatic carbocycles. The van der Waals surface area contributed by atoms with Gasteiger partial charge in [-0.05, 0) is 18.6 Å². The molecule has 2 aliphatic heterocycles. The predicted octanol–water partition coefficient (Wildman–Crippen LogP) is 2.53. The van der Waals surface area contributed by atoms with Crippen molar-refractivity contribution in [3.63, 3.8) is 0 Å². The highest BCUT2D eigenvalue weighted by Crippen LogP contribution is 2.37. The average Bonchev–Trinajstić information content (AvgIpc) is 3.49. The minimum absolute atomic E-state index is 0.107. The van der Waals surface area contributed by atoms with Crippen LogP contribution in [0.1, 0.15) is 27.9 Å². The molecule has 3 aromatic rings. The van der Waals surface area contributed by atoms with E-state index in [1.54, 1.807) is 6.20 Å². The quantitative estimate of drug-likeness (QED) is 0.462. The Morgan fingerprint density at radius 3 is 2.97 bits per heavy atom. The number of ether oxygens (including phenoxy) is 1. The molecule has 0 saturated carbocycles. The summed E-state index contributed by atoms with van der Waals surface area (Å²) >= 11 is 7.78. The van der Waals surface area contributed by atoms with E-state index in [0.717, 1.165) is 11.3 Å². The Balaban J connectivity index is 1.57. The summed E-state index contributed by atoms with van der Waals surface area (Å²) in [5.41, 5.74) is 2.80. The van der Waals surface area contributed by atoms with Gasteiger partial charge in [0.2, 0.25) is 0 Å². The molecule has 0 unspecified atom stereocenters. The molecule has 34 heavy (non-hydrogen) atoms. The van der Waals surface area contributed by atoms with E-state index in [1.807, 2.05) is 5.38 Å². The van der Waals surface area contributed by atoms with Gasteiger partial charge in [-0.25, -0.2) is 14.2 Å². The summed E-state index contributed by atoms with van der Waals surface area (Å²) in [5, 5.41) is 11.4. The molecule has 5 rings (SSSR count). The zero-order chi connectivity index (χ0) is 23.8. The number of aromatic amines is 2. The number of methoxy groups -OCH3 is 1. The zero-order valence-corrected chi connectivity index (χ0v) is 19.6. The van der Waals surface area contributed by atoms with Crippen molar-refractivity contribution in [3.8, 4) is 0 Å². The Morgan fingerprint density at radius 2 is 2.24 bits per heavy atom. The smallest absolute Gasteiger partial charge is 0.338 e. The van der Waals surface area contributed by atoms with Crippen LogP contribution in [0, 0.1) is 5.82 Å². The van der Waals surface area contributed by atoms with Crippen molar-refractivity contribution in [2.45, 2.75) is 19.0 Å². The molecule has 0 radical (unpaired) electrons. The fourth-order valence-electron chi connectivity index (χ4n) is 4.22. The van der Waals surface area contributed by atoms with Gasteiger partial charge in [0.15, 0.2) is 10.8 Å². The van der Waals surface area contributed by atoms with Crippen molar-refractivity contribution < 1.29 is 13.9 Å². The number of carbonyl (C=O) groups is 1. The van der Waals surface area contributed by atoms with Crippen molar-refractivity contribution in [2.75, 3.05) is 20.2 Å². The van der Waals surface area contributed by atoms with Crippen LogP contribution in [-0.2, 0) is 22.5 Å². The number of carbonyl (C=O) groups excluding carboxylic acids is 1. The normalized spacial score (nSPS) is 18.3. The van der Waals surface area contributed by atoms with Crippen molar-refractivity contribution in [3.05, 3.63) is 84.1 Å². The van der Waals surface area contributed by atoms with Crippen LogP contribution in [0.15, 0.2) is 50.8 Å². The molecule has 4 heterocycles. The highest BCUT2D eigenvalue weighted by Gasteiger charge is 2.35. The maximum atomic E-state index is 13.8. The molecule has 0 amide bonds. The van der Waals surface area contributed by atoms with E-state index in [1.165, 1.54) is 36.6 Å². The van der Waals surface area contributed by atoms with Crippen LogP contribution in [0.3, 0.4) is 0 Å². The number of hydrogen-bond donors (Lipinski definition) is 3. The molecule has 9 nitrogen and oxygen atoms in total. The Hall–Kier alpha value is -3.28. The molecular formula is C22H20ClFN6O3S. The third kappa shape index (κ3) is 4.17. The topological polar surface area (TPSA) is 115 Å². The number of rotatable bonds is 5. The number of H-pyrrole nitrogens is 2. The average molecular weight is 503 g/mol. The molecule has 0 saturated heterocycles. The van der Waals surface area contributed by atoms with E-state index >= 15 is 0 Å². The summed E-state index contributed by atoms with van der Waals surface area (Å²) in [7, 11) is 1.30. The Morgan fingerprint density at radius 1 is 1.38 bits per heavy atom. The van der Waals surface area contributed by atoms with Gasteiger partial charge < -0.3 is 15.2 Å². The molecule has 12 heteroatoms. The number of nitrogens with zero attached hydrogens (tertiary/aromatic N) is 3. The third-order valence-corrected chi connectivity index (χ3v) is 6.94. The number of aromatic nitrogens is 3.